The van der Waals surface area contributed by atoms with Crippen LogP contribution in [0.5, 0.6) is 28.7 Å². The minimum absolute atomic E-state index is 0.00188. The van der Waals surface area contributed by atoms with E-state index in [1.807, 2.05) is 32.0 Å². The van der Waals surface area contributed by atoms with Crippen LogP contribution in [-0.4, -0.2) is 67.9 Å². The highest BCUT2D eigenvalue weighted by Crippen LogP contribution is 2.38. The van der Waals surface area contributed by atoms with Crippen LogP contribution in [-0.2, 0) is 11.3 Å². The SMILES string of the molecule is COc1ccc(OC)c(-n2c(CNC(=O)c3cc(OC)c(OC)c(OC)c3)nnc2SCC(=O)Nc2cc(C)ccc2C)c1. The van der Waals surface area contributed by atoms with Crippen LogP contribution < -0.4 is 34.3 Å². The van der Waals surface area contributed by atoms with Gasteiger partial charge in [0.2, 0.25) is 11.7 Å². The van der Waals surface area contributed by atoms with Crippen molar-refractivity contribution in [2.24, 2.45) is 0 Å². The maximum absolute atomic E-state index is 13.2. The number of amides is 2. The summed E-state index contributed by atoms with van der Waals surface area (Å²) < 4.78 is 28.9. The van der Waals surface area contributed by atoms with E-state index in [4.69, 9.17) is 23.7 Å². The number of benzene rings is 3. The van der Waals surface area contributed by atoms with Gasteiger partial charge in [0.15, 0.2) is 22.5 Å². The molecule has 4 aromatic rings. The Kier molecular flexibility index (Phi) is 10.6. The maximum atomic E-state index is 13.2. The van der Waals surface area contributed by atoms with Crippen LogP contribution in [0.2, 0.25) is 0 Å². The lowest BCUT2D eigenvalue weighted by Gasteiger charge is -2.16. The van der Waals surface area contributed by atoms with Gasteiger partial charge in [0.1, 0.15) is 11.5 Å². The van der Waals surface area contributed by atoms with E-state index in [1.54, 1.807) is 49.1 Å². The molecule has 0 radical (unpaired) electrons. The number of methoxy groups -OCH3 is 5. The maximum Gasteiger partial charge on any atom is 0.251 e. The molecular weight excluding hydrogens is 586 g/mol. The highest BCUT2D eigenvalue weighted by molar-refractivity contribution is 7.99. The van der Waals surface area contributed by atoms with Crippen LogP contribution in [0, 0.1) is 13.8 Å². The third kappa shape index (κ3) is 7.17. The van der Waals surface area contributed by atoms with E-state index >= 15 is 0 Å². The van der Waals surface area contributed by atoms with E-state index in [2.05, 4.69) is 20.8 Å². The van der Waals surface area contributed by atoms with Crippen molar-refractivity contribution in [3.05, 3.63) is 71.0 Å². The van der Waals surface area contributed by atoms with Gasteiger partial charge in [0.05, 0.1) is 53.5 Å². The normalized spacial score (nSPS) is 10.6. The second kappa shape index (κ2) is 14.5. The van der Waals surface area contributed by atoms with E-state index < -0.39 is 5.91 Å². The second-order valence-corrected chi connectivity index (χ2v) is 10.5. The zero-order valence-corrected chi connectivity index (χ0v) is 26.5. The number of hydrogen-bond donors (Lipinski definition) is 2. The minimum Gasteiger partial charge on any atom is -0.497 e. The zero-order valence-electron chi connectivity index (χ0n) is 25.6. The Balaban J connectivity index is 1.62. The molecule has 13 heteroatoms. The quantitative estimate of drug-likeness (QED) is 0.204. The molecule has 0 spiro atoms. The average molecular weight is 622 g/mol. The van der Waals surface area contributed by atoms with Gasteiger partial charge in [-0.1, -0.05) is 23.9 Å². The van der Waals surface area contributed by atoms with Crippen LogP contribution in [0.1, 0.15) is 27.3 Å². The molecule has 0 aliphatic rings. The first-order valence-corrected chi connectivity index (χ1v) is 14.5. The third-order valence-electron chi connectivity index (χ3n) is 6.66. The monoisotopic (exact) mass is 621 g/mol. The molecule has 3 aromatic carbocycles. The van der Waals surface area contributed by atoms with E-state index in [0.717, 1.165) is 16.8 Å². The molecule has 2 N–H and O–H groups in total. The van der Waals surface area contributed by atoms with Crippen molar-refractivity contribution in [2.45, 2.75) is 25.5 Å². The fourth-order valence-electron chi connectivity index (χ4n) is 4.38. The van der Waals surface area contributed by atoms with Gasteiger partial charge in [-0.15, -0.1) is 10.2 Å². The Morgan fingerprint density at radius 2 is 1.52 bits per heavy atom. The topological polar surface area (TPSA) is 135 Å². The van der Waals surface area contributed by atoms with Crippen LogP contribution in [0.25, 0.3) is 5.69 Å². The smallest absolute Gasteiger partial charge is 0.251 e. The van der Waals surface area contributed by atoms with Gasteiger partial charge in [-0.3, -0.25) is 14.2 Å². The number of carbonyl (C=O) groups excluding carboxylic acids is 2. The molecule has 2 amide bonds. The lowest BCUT2D eigenvalue weighted by Crippen LogP contribution is -2.25. The van der Waals surface area contributed by atoms with Gasteiger partial charge in [-0.25, -0.2) is 0 Å². The van der Waals surface area contributed by atoms with Crippen molar-refractivity contribution in [1.82, 2.24) is 20.1 Å². The molecule has 1 aromatic heterocycles. The van der Waals surface area contributed by atoms with Crippen molar-refractivity contribution in [3.8, 4) is 34.4 Å². The fourth-order valence-corrected chi connectivity index (χ4v) is 5.15. The van der Waals surface area contributed by atoms with Crippen molar-refractivity contribution in [2.75, 3.05) is 46.6 Å². The number of anilines is 1. The van der Waals surface area contributed by atoms with Crippen LogP contribution in [0.15, 0.2) is 53.7 Å². The molecule has 0 saturated carbocycles. The average Bonchev–Trinajstić information content (AvgIpc) is 3.45. The number of nitrogens with one attached hydrogen (secondary N) is 2. The predicted molar refractivity (Wildman–Crippen MR) is 167 cm³/mol. The van der Waals surface area contributed by atoms with Crippen LogP contribution >= 0.6 is 11.8 Å². The lowest BCUT2D eigenvalue weighted by molar-refractivity contribution is -0.113. The molecular formula is C31H35N5O7S. The number of aryl methyl sites for hydroxylation is 2. The van der Waals surface area contributed by atoms with Crippen molar-refractivity contribution < 1.29 is 33.3 Å². The lowest BCUT2D eigenvalue weighted by atomic mass is 10.1. The minimum atomic E-state index is -0.404. The van der Waals surface area contributed by atoms with Crippen LogP contribution in [0.3, 0.4) is 0 Å². The predicted octanol–water partition coefficient (Wildman–Crippen LogP) is 4.59. The molecule has 0 bridgehead atoms. The van der Waals surface area contributed by atoms with Gasteiger partial charge in [-0.05, 0) is 55.3 Å². The van der Waals surface area contributed by atoms with Gasteiger partial charge in [0.25, 0.3) is 5.91 Å². The van der Waals surface area contributed by atoms with Gasteiger partial charge >= 0.3 is 0 Å². The molecule has 0 fully saturated rings. The first kappa shape index (κ1) is 32.0. The summed E-state index contributed by atoms with van der Waals surface area (Å²) in [6.45, 7) is 3.90. The molecule has 0 unspecified atom stereocenters. The molecule has 44 heavy (non-hydrogen) atoms. The largest absolute Gasteiger partial charge is 0.497 e. The van der Waals surface area contributed by atoms with Gasteiger partial charge < -0.3 is 34.3 Å². The summed E-state index contributed by atoms with van der Waals surface area (Å²) in [5.41, 5.74) is 3.63. The van der Waals surface area contributed by atoms with E-state index in [-0.39, 0.29) is 18.2 Å². The van der Waals surface area contributed by atoms with Crippen molar-refractivity contribution in [1.29, 1.82) is 0 Å². The van der Waals surface area contributed by atoms with E-state index in [1.165, 1.54) is 33.1 Å². The summed E-state index contributed by atoms with van der Waals surface area (Å²) >= 11 is 1.20. The Labute approximate surface area is 260 Å². The standard InChI is InChI=1S/C31H35N5O7S/c1-18-8-9-19(2)22(12-18)33-28(37)17-44-31-35-34-27(36(31)23-15-21(39-3)10-11-24(23)40-4)16-32-30(38)20-13-25(41-5)29(43-7)26(14-20)42-6/h8-15H,16-17H2,1-7H3,(H,32,38)(H,33,37). The van der Waals surface area contributed by atoms with Crippen LogP contribution in [0.4, 0.5) is 5.69 Å². The first-order chi connectivity index (χ1) is 21.2. The molecule has 4 rings (SSSR count). The summed E-state index contributed by atoms with van der Waals surface area (Å²) in [6.07, 6.45) is 0. The molecule has 0 saturated heterocycles. The number of nitrogens with zero attached hydrogens (tertiary/aromatic N) is 3. The number of carbonyl (C=O) groups is 2. The zero-order chi connectivity index (χ0) is 31.8. The fraction of sp³-hybridized carbons (Fsp3) is 0.290. The summed E-state index contributed by atoms with van der Waals surface area (Å²) in [6, 6.07) is 14.3. The van der Waals surface area contributed by atoms with Crippen molar-refractivity contribution >= 4 is 29.3 Å². The molecule has 232 valence electrons. The molecule has 0 atom stereocenters. The van der Waals surface area contributed by atoms with E-state index in [9.17, 15) is 9.59 Å². The highest BCUT2D eigenvalue weighted by atomic mass is 32.2. The van der Waals surface area contributed by atoms with E-state index in [0.29, 0.717) is 51.0 Å². The third-order valence-corrected chi connectivity index (χ3v) is 7.59. The van der Waals surface area contributed by atoms with Gasteiger partial charge in [-0.2, -0.15) is 0 Å². The van der Waals surface area contributed by atoms with Gasteiger partial charge in [0, 0.05) is 17.3 Å². The molecule has 0 aliphatic carbocycles. The summed E-state index contributed by atoms with van der Waals surface area (Å²) in [7, 11) is 7.55. The number of aromatic nitrogens is 3. The Morgan fingerprint density at radius 3 is 2.16 bits per heavy atom. The number of ether oxygens (including phenoxy) is 5. The Morgan fingerprint density at radius 1 is 0.818 bits per heavy atom. The number of hydrogen-bond acceptors (Lipinski definition) is 10. The highest BCUT2D eigenvalue weighted by Gasteiger charge is 2.22. The first-order valence-electron chi connectivity index (χ1n) is 13.5. The van der Waals surface area contributed by atoms with Crippen molar-refractivity contribution in [3.63, 3.8) is 0 Å². The molecule has 12 nitrogen and oxygen atoms in total. The Hall–Kier alpha value is -4.91. The number of thioether (sulfide) groups is 1. The number of rotatable bonds is 13. The summed E-state index contributed by atoms with van der Waals surface area (Å²) in [5.74, 6) is 2.02. The summed E-state index contributed by atoms with van der Waals surface area (Å²) in [4.78, 5) is 26.2. The molecule has 0 aliphatic heterocycles. The molecule has 1 heterocycles. The summed E-state index contributed by atoms with van der Waals surface area (Å²) in [5, 5.41) is 15.0. The second-order valence-electron chi connectivity index (χ2n) is 9.52. The Bertz CT molecular complexity index is 1630.